The zero-order valence-corrected chi connectivity index (χ0v) is 15.4. The summed E-state index contributed by atoms with van der Waals surface area (Å²) >= 11 is 0. The van der Waals surface area contributed by atoms with Crippen LogP contribution in [0.1, 0.15) is 28.8 Å². The zero-order valence-electron chi connectivity index (χ0n) is 14.6. The molecule has 1 amide bonds. The summed E-state index contributed by atoms with van der Waals surface area (Å²) in [7, 11) is -3.66. The molecule has 0 aromatic heterocycles. The van der Waals surface area contributed by atoms with Crippen molar-refractivity contribution >= 4 is 21.6 Å². The van der Waals surface area contributed by atoms with Crippen LogP contribution >= 0.6 is 0 Å². The monoisotopic (exact) mass is 374 g/mol. The molecular weight excluding hydrogens is 352 g/mol. The van der Waals surface area contributed by atoms with E-state index in [-0.39, 0.29) is 16.9 Å². The normalized spacial score (nSPS) is 17.0. The second-order valence-corrected chi connectivity index (χ2v) is 7.98. The van der Waals surface area contributed by atoms with Crippen LogP contribution in [-0.4, -0.2) is 33.6 Å². The molecule has 0 spiro atoms. The Labute approximate surface area is 153 Å². The summed E-state index contributed by atoms with van der Waals surface area (Å²) in [5.74, 6) is -0.193. The molecule has 6 nitrogen and oxygen atoms in total. The van der Waals surface area contributed by atoms with Crippen LogP contribution in [0.3, 0.4) is 0 Å². The number of anilines is 1. The summed E-state index contributed by atoms with van der Waals surface area (Å²) < 4.78 is 32.9. The molecule has 1 fully saturated rings. The van der Waals surface area contributed by atoms with E-state index in [4.69, 9.17) is 4.74 Å². The Balaban J connectivity index is 1.68. The van der Waals surface area contributed by atoms with E-state index in [2.05, 4.69) is 10.0 Å². The highest BCUT2D eigenvalue weighted by molar-refractivity contribution is 7.92. The van der Waals surface area contributed by atoms with Gasteiger partial charge in [-0.15, -0.1) is 0 Å². The van der Waals surface area contributed by atoms with E-state index in [1.165, 1.54) is 12.1 Å². The van der Waals surface area contributed by atoms with Gasteiger partial charge in [0.05, 0.1) is 16.7 Å². The number of carbonyl (C=O) groups is 1. The van der Waals surface area contributed by atoms with Gasteiger partial charge in [-0.05, 0) is 55.7 Å². The lowest BCUT2D eigenvalue weighted by Crippen LogP contribution is -2.31. The molecule has 1 aliphatic rings. The number of carbonyl (C=O) groups excluding carboxylic acids is 1. The van der Waals surface area contributed by atoms with Gasteiger partial charge in [0.1, 0.15) is 0 Å². The predicted octanol–water partition coefficient (Wildman–Crippen LogP) is 2.70. The van der Waals surface area contributed by atoms with E-state index in [1.807, 2.05) is 0 Å². The molecule has 0 unspecified atom stereocenters. The van der Waals surface area contributed by atoms with E-state index in [9.17, 15) is 13.2 Å². The van der Waals surface area contributed by atoms with Crippen LogP contribution < -0.4 is 10.0 Å². The highest BCUT2D eigenvalue weighted by Crippen LogP contribution is 2.21. The SMILES string of the molecule is Cc1cc(C(=O)NC[C@@H]2CCCO2)ccc1NS(=O)(=O)c1ccccc1. The molecule has 1 saturated heterocycles. The molecule has 2 N–H and O–H groups in total. The number of benzene rings is 2. The van der Waals surface area contributed by atoms with Crippen LogP contribution in [0.2, 0.25) is 0 Å². The van der Waals surface area contributed by atoms with Gasteiger partial charge in [0.2, 0.25) is 0 Å². The maximum atomic E-state index is 12.4. The van der Waals surface area contributed by atoms with Crippen molar-refractivity contribution in [1.29, 1.82) is 0 Å². The molecule has 2 aromatic rings. The third kappa shape index (κ3) is 4.42. The Morgan fingerprint density at radius 2 is 1.96 bits per heavy atom. The smallest absolute Gasteiger partial charge is 0.261 e. The number of hydrogen-bond acceptors (Lipinski definition) is 4. The lowest BCUT2D eigenvalue weighted by Gasteiger charge is -2.13. The second-order valence-electron chi connectivity index (χ2n) is 6.29. The fourth-order valence-electron chi connectivity index (χ4n) is 2.84. The maximum absolute atomic E-state index is 12.4. The molecule has 0 radical (unpaired) electrons. The van der Waals surface area contributed by atoms with Crippen LogP contribution in [0.5, 0.6) is 0 Å². The van der Waals surface area contributed by atoms with Crippen molar-refractivity contribution in [3.63, 3.8) is 0 Å². The van der Waals surface area contributed by atoms with Crippen LogP contribution in [0.25, 0.3) is 0 Å². The first kappa shape index (κ1) is 18.4. The third-order valence-corrected chi connectivity index (χ3v) is 5.68. The summed E-state index contributed by atoms with van der Waals surface area (Å²) in [4.78, 5) is 12.5. The van der Waals surface area contributed by atoms with Crippen molar-refractivity contribution in [2.75, 3.05) is 17.9 Å². The average molecular weight is 374 g/mol. The first-order valence-corrected chi connectivity index (χ1v) is 10.0. The molecule has 0 aliphatic carbocycles. The van der Waals surface area contributed by atoms with Crippen LogP contribution in [0, 0.1) is 6.92 Å². The number of nitrogens with one attached hydrogen (secondary N) is 2. The van der Waals surface area contributed by atoms with E-state index in [0.717, 1.165) is 19.4 Å². The Morgan fingerprint density at radius 1 is 1.19 bits per heavy atom. The van der Waals surface area contributed by atoms with Crippen molar-refractivity contribution in [2.24, 2.45) is 0 Å². The third-order valence-electron chi connectivity index (χ3n) is 4.30. The van der Waals surface area contributed by atoms with E-state index in [0.29, 0.717) is 23.4 Å². The Kier molecular flexibility index (Phi) is 5.58. The van der Waals surface area contributed by atoms with Gasteiger partial charge in [-0.2, -0.15) is 0 Å². The minimum absolute atomic E-state index is 0.0806. The van der Waals surface area contributed by atoms with Gasteiger partial charge < -0.3 is 10.1 Å². The largest absolute Gasteiger partial charge is 0.376 e. The Morgan fingerprint density at radius 3 is 2.62 bits per heavy atom. The molecule has 1 atom stereocenters. The minimum atomic E-state index is -3.66. The summed E-state index contributed by atoms with van der Waals surface area (Å²) in [6.07, 6.45) is 2.06. The summed E-state index contributed by atoms with van der Waals surface area (Å²) in [6, 6.07) is 13.1. The molecular formula is C19H22N2O4S. The number of aryl methyl sites for hydroxylation is 1. The van der Waals surface area contributed by atoms with Gasteiger partial charge in [-0.1, -0.05) is 18.2 Å². The number of sulfonamides is 1. The average Bonchev–Trinajstić information content (AvgIpc) is 3.15. The first-order chi connectivity index (χ1) is 12.5. The van der Waals surface area contributed by atoms with Gasteiger partial charge >= 0.3 is 0 Å². The molecule has 0 bridgehead atoms. The fourth-order valence-corrected chi connectivity index (χ4v) is 3.99. The summed E-state index contributed by atoms with van der Waals surface area (Å²) in [5.41, 5.74) is 1.61. The number of rotatable bonds is 6. The van der Waals surface area contributed by atoms with Gasteiger partial charge in [-0.3, -0.25) is 9.52 Å². The summed E-state index contributed by atoms with van der Waals surface area (Å²) in [5, 5.41) is 2.86. The maximum Gasteiger partial charge on any atom is 0.261 e. The van der Waals surface area contributed by atoms with E-state index < -0.39 is 10.0 Å². The minimum Gasteiger partial charge on any atom is -0.376 e. The lowest BCUT2D eigenvalue weighted by atomic mass is 10.1. The summed E-state index contributed by atoms with van der Waals surface area (Å²) in [6.45, 7) is 3.00. The fraction of sp³-hybridized carbons (Fsp3) is 0.316. The molecule has 1 aliphatic heterocycles. The molecule has 138 valence electrons. The topological polar surface area (TPSA) is 84.5 Å². The van der Waals surface area contributed by atoms with Gasteiger partial charge in [0.15, 0.2) is 0 Å². The molecule has 3 rings (SSSR count). The number of hydrogen-bond donors (Lipinski definition) is 2. The first-order valence-electron chi connectivity index (χ1n) is 8.54. The highest BCUT2D eigenvalue weighted by atomic mass is 32.2. The molecule has 26 heavy (non-hydrogen) atoms. The van der Waals surface area contributed by atoms with Crippen LogP contribution in [0.15, 0.2) is 53.4 Å². The number of amides is 1. The van der Waals surface area contributed by atoms with Gasteiger partial charge in [-0.25, -0.2) is 8.42 Å². The van der Waals surface area contributed by atoms with Crippen molar-refractivity contribution in [3.8, 4) is 0 Å². The van der Waals surface area contributed by atoms with E-state index >= 15 is 0 Å². The van der Waals surface area contributed by atoms with Crippen molar-refractivity contribution in [3.05, 3.63) is 59.7 Å². The van der Waals surface area contributed by atoms with Crippen LogP contribution in [-0.2, 0) is 14.8 Å². The van der Waals surface area contributed by atoms with Crippen molar-refractivity contribution < 1.29 is 17.9 Å². The van der Waals surface area contributed by atoms with Gasteiger partial charge in [0.25, 0.3) is 15.9 Å². The van der Waals surface area contributed by atoms with Crippen molar-refractivity contribution in [1.82, 2.24) is 5.32 Å². The van der Waals surface area contributed by atoms with Gasteiger partial charge in [0, 0.05) is 18.7 Å². The zero-order chi connectivity index (χ0) is 18.6. The quantitative estimate of drug-likeness (QED) is 0.814. The molecule has 0 saturated carbocycles. The molecule has 1 heterocycles. The highest BCUT2D eigenvalue weighted by Gasteiger charge is 2.18. The second kappa shape index (κ2) is 7.88. The lowest BCUT2D eigenvalue weighted by molar-refractivity contribution is 0.0857. The number of ether oxygens (including phenoxy) is 1. The molecule has 7 heteroatoms. The Bertz CT molecular complexity index is 876. The van der Waals surface area contributed by atoms with E-state index in [1.54, 1.807) is 43.3 Å². The standard InChI is InChI=1S/C19H22N2O4S/c1-14-12-15(19(22)20-13-16-6-5-11-25-16)9-10-18(14)21-26(23,24)17-7-3-2-4-8-17/h2-4,7-10,12,16,21H,5-6,11,13H2,1H3,(H,20,22)/t16-/m0/s1. The Hall–Kier alpha value is -2.38. The predicted molar refractivity (Wildman–Crippen MR) is 99.7 cm³/mol. The van der Waals surface area contributed by atoms with Crippen molar-refractivity contribution in [2.45, 2.75) is 30.8 Å². The molecule has 2 aromatic carbocycles. The van der Waals surface area contributed by atoms with Crippen LogP contribution in [0.4, 0.5) is 5.69 Å².